The zero-order valence-corrected chi connectivity index (χ0v) is 31.8. The van der Waals surface area contributed by atoms with E-state index < -0.39 is 12.2 Å². The molecule has 1 amide bonds. The predicted octanol–water partition coefficient (Wildman–Crippen LogP) is 3.93. The molecule has 0 saturated heterocycles. The molecule has 13 nitrogen and oxygen atoms in total. The molecule has 0 radical (unpaired) electrons. The molecule has 0 spiro atoms. The van der Waals surface area contributed by atoms with Gasteiger partial charge in [0.1, 0.15) is 6.10 Å². The average Bonchev–Trinajstić information content (AvgIpc) is 3.22. The molecule has 296 valence electrons. The van der Waals surface area contributed by atoms with Crippen molar-refractivity contribution in [1.82, 2.24) is 35.1 Å². The van der Waals surface area contributed by atoms with Gasteiger partial charge in [0.25, 0.3) is 5.91 Å². The normalized spacial score (nSPS) is 12.5. The first-order chi connectivity index (χ1) is 27.4. The quantitative estimate of drug-likeness (QED) is 0.0634. The molecule has 0 aliphatic heterocycles. The molecule has 1 aromatic carbocycles. The van der Waals surface area contributed by atoms with Gasteiger partial charge in [-0.25, -0.2) is 0 Å². The molecule has 4 N–H and O–H groups in total. The number of hydrogen-bond acceptors (Lipinski definition) is 12. The first kappa shape index (κ1) is 42.2. The van der Waals surface area contributed by atoms with Crippen molar-refractivity contribution < 1.29 is 29.6 Å². The second kappa shape index (κ2) is 23.8. The number of rotatable bonds is 25. The van der Waals surface area contributed by atoms with Crippen LogP contribution in [-0.4, -0.2) is 103 Å². The molecule has 0 fully saturated rings. The van der Waals surface area contributed by atoms with Gasteiger partial charge in [-0.15, -0.1) is 0 Å². The van der Waals surface area contributed by atoms with Crippen molar-refractivity contribution in [2.45, 2.75) is 64.3 Å². The summed E-state index contributed by atoms with van der Waals surface area (Å²) in [7, 11) is 0. The van der Waals surface area contributed by atoms with E-state index in [9.17, 15) is 15.0 Å². The van der Waals surface area contributed by atoms with E-state index in [4.69, 9.17) is 14.6 Å². The fourth-order valence-electron chi connectivity index (χ4n) is 6.05. The summed E-state index contributed by atoms with van der Waals surface area (Å²) < 4.78 is 11.0. The summed E-state index contributed by atoms with van der Waals surface area (Å²) in [5.41, 5.74) is 5.97. The first-order valence-corrected chi connectivity index (χ1v) is 19.0. The number of pyridine rings is 4. The van der Waals surface area contributed by atoms with Crippen molar-refractivity contribution in [2.24, 2.45) is 0 Å². The highest BCUT2D eigenvalue weighted by Crippen LogP contribution is 2.21. The lowest BCUT2D eigenvalue weighted by molar-refractivity contribution is 0.00139. The van der Waals surface area contributed by atoms with E-state index in [1.165, 1.54) is 0 Å². The number of unbranched alkanes of at least 4 members (excludes halogenated alkanes) is 1. The third-order valence-corrected chi connectivity index (χ3v) is 8.82. The Hall–Kier alpha value is -4.99. The van der Waals surface area contributed by atoms with Gasteiger partial charge in [0.2, 0.25) is 0 Å². The highest BCUT2D eigenvalue weighted by Gasteiger charge is 2.19. The number of aromatic nitrogens is 4. The van der Waals surface area contributed by atoms with E-state index >= 15 is 0 Å². The molecule has 0 saturated carbocycles. The summed E-state index contributed by atoms with van der Waals surface area (Å²) in [6.45, 7) is 3.97. The van der Waals surface area contributed by atoms with Gasteiger partial charge in [-0.05, 0) is 78.6 Å². The molecular formula is C43H53N7O6. The Balaban J connectivity index is 1.30. The van der Waals surface area contributed by atoms with E-state index in [2.05, 4.69) is 41.1 Å². The molecule has 5 aromatic rings. The van der Waals surface area contributed by atoms with Crippen LogP contribution in [0.4, 0.5) is 0 Å². The van der Waals surface area contributed by atoms with Crippen LogP contribution in [-0.2, 0) is 48.7 Å². The molecule has 56 heavy (non-hydrogen) atoms. The number of hydrogen-bond donors (Lipinski definition) is 4. The largest absolute Gasteiger partial charge is 0.394 e. The van der Waals surface area contributed by atoms with Gasteiger partial charge in [0, 0.05) is 89.4 Å². The Morgan fingerprint density at radius 3 is 1.52 bits per heavy atom. The highest BCUT2D eigenvalue weighted by atomic mass is 16.5. The molecule has 0 aliphatic carbocycles. The van der Waals surface area contributed by atoms with Crippen molar-refractivity contribution in [3.05, 3.63) is 155 Å². The number of aliphatic hydroxyl groups is 3. The van der Waals surface area contributed by atoms with Crippen molar-refractivity contribution in [1.29, 1.82) is 0 Å². The Labute approximate surface area is 329 Å². The van der Waals surface area contributed by atoms with Crippen molar-refractivity contribution in [3.8, 4) is 0 Å². The van der Waals surface area contributed by atoms with E-state index in [0.29, 0.717) is 70.9 Å². The average molecular weight is 764 g/mol. The lowest BCUT2D eigenvalue weighted by atomic mass is 10.0. The first-order valence-electron chi connectivity index (χ1n) is 19.0. The van der Waals surface area contributed by atoms with Crippen LogP contribution in [0.1, 0.15) is 57.1 Å². The van der Waals surface area contributed by atoms with Gasteiger partial charge in [0.05, 0.1) is 48.7 Å². The minimum absolute atomic E-state index is 0.0156. The molecule has 0 bridgehead atoms. The Morgan fingerprint density at radius 2 is 1.07 bits per heavy atom. The molecule has 13 heteroatoms. The number of nitrogens with one attached hydrogen (secondary N) is 1. The maximum Gasteiger partial charge on any atom is 0.251 e. The van der Waals surface area contributed by atoms with Gasteiger partial charge in [0.15, 0.2) is 0 Å². The second-order valence-electron chi connectivity index (χ2n) is 13.6. The third-order valence-electron chi connectivity index (χ3n) is 8.82. The smallest absolute Gasteiger partial charge is 0.251 e. The number of carbonyl (C=O) groups excluding carboxylic acids is 1. The van der Waals surface area contributed by atoms with E-state index in [1.807, 2.05) is 84.9 Å². The van der Waals surface area contributed by atoms with Crippen LogP contribution >= 0.6 is 0 Å². The number of nitrogens with zero attached hydrogens (tertiary/aromatic N) is 6. The fraction of sp³-hybridized carbons (Fsp3) is 0.372. The predicted molar refractivity (Wildman–Crippen MR) is 212 cm³/mol. The number of benzene rings is 1. The van der Waals surface area contributed by atoms with E-state index in [-0.39, 0.29) is 32.3 Å². The summed E-state index contributed by atoms with van der Waals surface area (Å²) in [5, 5.41) is 31.9. The fourth-order valence-corrected chi connectivity index (χ4v) is 6.05. The summed E-state index contributed by atoms with van der Waals surface area (Å²) in [5.74, 6) is -0.292. The number of carbonyl (C=O) groups is 1. The molecule has 0 aliphatic rings. The van der Waals surface area contributed by atoms with Gasteiger partial charge >= 0.3 is 0 Å². The summed E-state index contributed by atoms with van der Waals surface area (Å²) in [6, 6.07) is 29.5. The number of aliphatic hydroxyl groups excluding tert-OH is 3. The molecular weight excluding hydrogens is 711 g/mol. The van der Waals surface area contributed by atoms with Crippen LogP contribution in [0.2, 0.25) is 0 Å². The third kappa shape index (κ3) is 15.3. The maximum absolute atomic E-state index is 14.0. The topological polar surface area (TPSA) is 166 Å². The van der Waals surface area contributed by atoms with Gasteiger partial charge in [-0.1, -0.05) is 36.4 Å². The summed E-state index contributed by atoms with van der Waals surface area (Å²) >= 11 is 0. The zero-order valence-electron chi connectivity index (χ0n) is 31.8. The monoisotopic (exact) mass is 763 g/mol. The van der Waals surface area contributed by atoms with Crippen molar-refractivity contribution >= 4 is 5.91 Å². The van der Waals surface area contributed by atoms with Gasteiger partial charge < -0.3 is 30.1 Å². The molecule has 2 atom stereocenters. The Kier molecular flexibility index (Phi) is 17.9. The van der Waals surface area contributed by atoms with Crippen LogP contribution < -0.4 is 5.32 Å². The van der Waals surface area contributed by atoms with Crippen LogP contribution in [0.25, 0.3) is 0 Å². The summed E-state index contributed by atoms with van der Waals surface area (Å²) in [4.78, 5) is 36.8. The number of ether oxygens (including phenoxy) is 2. The van der Waals surface area contributed by atoms with Crippen LogP contribution in [0.3, 0.4) is 0 Å². The minimum Gasteiger partial charge on any atom is -0.394 e. The molecule has 5 rings (SSSR count). The van der Waals surface area contributed by atoms with Crippen molar-refractivity contribution in [3.63, 3.8) is 0 Å². The second-order valence-corrected chi connectivity index (χ2v) is 13.6. The maximum atomic E-state index is 14.0. The van der Waals surface area contributed by atoms with Crippen LogP contribution in [0, 0.1) is 0 Å². The zero-order chi connectivity index (χ0) is 39.2. The van der Waals surface area contributed by atoms with Crippen LogP contribution in [0.15, 0.2) is 116 Å². The van der Waals surface area contributed by atoms with Crippen molar-refractivity contribution in [2.75, 3.05) is 39.6 Å². The lowest BCUT2D eigenvalue weighted by Gasteiger charge is -2.25. The Bertz CT molecular complexity index is 1740. The highest BCUT2D eigenvalue weighted by molar-refractivity contribution is 5.96. The molecule has 2 unspecified atom stereocenters. The lowest BCUT2D eigenvalue weighted by Crippen LogP contribution is -2.35. The standard InChI is InChI=1S/C43H53N7O6/c51-31-41(53)33-56-22-10-9-21-55-32-40(52)24-48-43(54)42-23-34(25-49(27-36-11-1-5-17-44-36)28-37-12-2-6-18-45-37)15-16-35(42)26-50(29-38-13-3-7-19-46-38)30-39-14-4-8-20-47-39/h1-8,11-20,23,40-41,51-53H,9-10,21-22,24-33H2,(H,48,54). The van der Waals surface area contributed by atoms with E-state index in [1.54, 1.807) is 24.8 Å². The molecule has 4 aromatic heterocycles. The number of amides is 1. The van der Waals surface area contributed by atoms with Crippen LogP contribution in [0.5, 0.6) is 0 Å². The van der Waals surface area contributed by atoms with Gasteiger partial charge in [-0.2, -0.15) is 0 Å². The Morgan fingerprint density at radius 1 is 0.607 bits per heavy atom. The van der Waals surface area contributed by atoms with Gasteiger partial charge in [-0.3, -0.25) is 34.5 Å². The SMILES string of the molecule is O=C(NCC(O)COCCCCOCC(O)CO)c1cc(CN(Cc2ccccn2)Cc2ccccn2)ccc1CN(Cc1ccccn1)Cc1ccccn1. The summed E-state index contributed by atoms with van der Waals surface area (Å²) in [6.07, 6.45) is 6.77. The van der Waals surface area contributed by atoms with E-state index in [0.717, 1.165) is 33.9 Å². The molecule has 4 heterocycles. The minimum atomic E-state index is -0.904.